The molecular weight excluding hydrogens is 364 g/mol. The van der Waals surface area contributed by atoms with Crippen molar-refractivity contribution in [2.75, 3.05) is 5.32 Å². The number of anilines is 1. The van der Waals surface area contributed by atoms with Gasteiger partial charge in [-0.2, -0.15) is 19.1 Å². The third kappa shape index (κ3) is 3.64. The summed E-state index contributed by atoms with van der Waals surface area (Å²) in [6, 6.07) is 4.33. The fourth-order valence-corrected chi connectivity index (χ4v) is 2.32. The van der Waals surface area contributed by atoms with E-state index in [9.17, 15) is 13.6 Å². The Morgan fingerprint density at radius 1 is 1.44 bits per heavy atom. The van der Waals surface area contributed by atoms with Crippen molar-refractivity contribution in [1.29, 1.82) is 5.26 Å². The molecule has 3 rings (SSSR count). The van der Waals surface area contributed by atoms with E-state index in [4.69, 9.17) is 14.4 Å². The molecule has 1 aromatic carbocycles. The van der Waals surface area contributed by atoms with Crippen LogP contribution in [0.3, 0.4) is 0 Å². The van der Waals surface area contributed by atoms with E-state index in [0.717, 1.165) is 0 Å². The summed E-state index contributed by atoms with van der Waals surface area (Å²) in [6.45, 7) is -1.28. The van der Waals surface area contributed by atoms with Gasteiger partial charge in [-0.25, -0.2) is 9.78 Å². The molecule has 0 radical (unpaired) electrons. The third-order valence-corrected chi connectivity index (χ3v) is 3.52. The Labute approximate surface area is 151 Å². The number of carbonyl (C=O) groups is 1. The molecular formula is C16H13F2N5O4. The van der Waals surface area contributed by atoms with Gasteiger partial charge in [0.25, 0.3) is 0 Å². The van der Waals surface area contributed by atoms with Gasteiger partial charge in [-0.05, 0) is 12.1 Å². The second kappa shape index (κ2) is 7.28. The first-order valence-corrected chi connectivity index (χ1v) is 7.71. The van der Waals surface area contributed by atoms with Crippen LogP contribution in [0.15, 0.2) is 22.7 Å². The molecule has 27 heavy (non-hydrogen) atoms. The van der Waals surface area contributed by atoms with Crippen LogP contribution in [0.4, 0.5) is 19.4 Å². The van der Waals surface area contributed by atoms with Gasteiger partial charge < -0.3 is 13.9 Å². The van der Waals surface area contributed by atoms with Crippen molar-refractivity contribution in [3.63, 3.8) is 0 Å². The highest BCUT2D eigenvalue weighted by molar-refractivity contribution is 5.91. The van der Waals surface area contributed by atoms with Gasteiger partial charge in [-0.1, -0.05) is 6.92 Å². The minimum atomic E-state index is -3.04. The van der Waals surface area contributed by atoms with Crippen LogP contribution in [0.2, 0.25) is 0 Å². The summed E-state index contributed by atoms with van der Waals surface area (Å²) < 4.78 is 41.5. The van der Waals surface area contributed by atoms with Gasteiger partial charge in [0.15, 0.2) is 28.7 Å². The van der Waals surface area contributed by atoms with Crippen LogP contribution >= 0.6 is 0 Å². The first-order chi connectivity index (χ1) is 12.9. The molecule has 140 valence electrons. The minimum Gasteiger partial charge on any atom is -0.437 e. The maximum Gasteiger partial charge on any atom is 0.418 e. The topological polar surface area (TPSA) is 115 Å². The van der Waals surface area contributed by atoms with E-state index in [2.05, 4.69) is 20.1 Å². The number of rotatable bonds is 5. The van der Waals surface area contributed by atoms with E-state index >= 15 is 0 Å². The number of benzene rings is 1. The number of carbonyl (C=O) groups excluding carboxylic acids is 1. The van der Waals surface area contributed by atoms with E-state index < -0.39 is 12.7 Å². The van der Waals surface area contributed by atoms with Gasteiger partial charge in [0, 0.05) is 13.5 Å². The molecule has 0 saturated heterocycles. The summed E-state index contributed by atoms with van der Waals surface area (Å²) in [5.74, 6) is 0.161. The van der Waals surface area contributed by atoms with Crippen molar-refractivity contribution < 1.29 is 27.5 Å². The normalized spacial score (nSPS) is 10.8. The predicted molar refractivity (Wildman–Crippen MR) is 87.6 cm³/mol. The van der Waals surface area contributed by atoms with Gasteiger partial charge in [0.05, 0.1) is 6.20 Å². The number of ether oxygens (including phenoxy) is 2. The number of halogens is 2. The molecule has 0 fully saturated rings. The summed E-state index contributed by atoms with van der Waals surface area (Å²) in [7, 11) is 1.54. The summed E-state index contributed by atoms with van der Waals surface area (Å²) >= 11 is 0. The SMILES string of the molecule is CCc1nc2c(OC(F)F)ccc(OC(=O)Nc3c(C#N)cnn3C)c2o1. The lowest BCUT2D eigenvalue weighted by Crippen LogP contribution is -2.19. The van der Waals surface area contributed by atoms with E-state index in [1.54, 1.807) is 6.92 Å². The largest absolute Gasteiger partial charge is 0.437 e. The first-order valence-electron chi connectivity index (χ1n) is 7.71. The molecule has 0 aliphatic rings. The second-order valence-corrected chi connectivity index (χ2v) is 5.24. The van der Waals surface area contributed by atoms with Crippen molar-refractivity contribution in [3.8, 4) is 17.6 Å². The maximum atomic E-state index is 12.6. The third-order valence-electron chi connectivity index (χ3n) is 3.52. The minimum absolute atomic E-state index is 0.00865. The molecule has 0 bridgehead atoms. The maximum absolute atomic E-state index is 12.6. The van der Waals surface area contributed by atoms with Crippen molar-refractivity contribution >= 4 is 23.0 Å². The number of nitrogens with one attached hydrogen (secondary N) is 1. The number of nitriles is 1. The number of aromatic nitrogens is 3. The number of oxazole rings is 1. The summed E-state index contributed by atoms with van der Waals surface area (Å²) in [5, 5.41) is 15.3. The zero-order valence-corrected chi connectivity index (χ0v) is 14.2. The van der Waals surface area contributed by atoms with Gasteiger partial charge >= 0.3 is 12.7 Å². The van der Waals surface area contributed by atoms with Gasteiger partial charge in [0.1, 0.15) is 11.6 Å². The van der Waals surface area contributed by atoms with E-state index in [0.29, 0.717) is 6.42 Å². The molecule has 0 aliphatic carbocycles. The molecule has 1 N–H and O–H groups in total. The van der Waals surface area contributed by atoms with Crippen molar-refractivity contribution in [2.24, 2.45) is 7.05 Å². The van der Waals surface area contributed by atoms with Gasteiger partial charge in [-0.15, -0.1) is 0 Å². The van der Waals surface area contributed by atoms with E-state index in [-0.39, 0.29) is 39.9 Å². The zero-order chi connectivity index (χ0) is 19.6. The standard InChI is InChI=1S/C16H13F2N5O4/c1-3-11-21-12-9(25-15(17)18)4-5-10(13(12)27-11)26-16(24)22-14-8(6-19)7-20-23(14)2/h4-5,7,15H,3H2,1-2H3,(H,22,24). The molecule has 11 heteroatoms. The lowest BCUT2D eigenvalue weighted by atomic mass is 10.3. The number of amides is 1. The van der Waals surface area contributed by atoms with Crippen LogP contribution in [0.25, 0.3) is 11.1 Å². The van der Waals surface area contributed by atoms with E-state index in [1.165, 1.54) is 30.1 Å². The van der Waals surface area contributed by atoms with Gasteiger partial charge in [0.2, 0.25) is 5.58 Å². The van der Waals surface area contributed by atoms with Crippen molar-refractivity contribution in [1.82, 2.24) is 14.8 Å². The molecule has 9 nitrogen and oxygen atoms in total. The van der Waals surface area contributed by atoms with Gasteiger partial charge in [-0.3, -0.25) is 10.00 Å². The highest BCUT2D eigenvalue weighted by Gasteiger charge is 2.20. The summed E-state index contributed by atoms with van der Waals surface area (Å²) in [4.78, 5) is 16.3. The highest BCUT2D eigenvalue weighted by Crippen LogP contribution is 2.34. The second-order valence-electron chi connectivity index (χ2n) is 5.24. The first kappa shape index (κ1) is 18.1. The monoisotopic (exact) mass is 377 g/mol. The Morgan fingerprint density at radius 2 is 2.19 bits per heavy atom. The van der Waals surface area contributed by atoms with Crippen molar-refractivity contribution in [2.45, 2.75) is 20.0 Å². The highest BCUT2D eigenvalue weighted by atomic mass is 19.3. The van der Waals surface area contributed by atoms with E-state index in [1.807, 2.05) is 6.07 Å². The lowest BCUT2D eigenvalue weighted by Gasteiger charge is -2.09. The number of hydrogen-bond acceptors (Lipinski definition) is 7. The van der Waals surface area contributed by atoms with Crippen LogP contribution in [0.5, 0.6) is 11.5 Å². The fraction of sp³-hybridized carbons (Fsp3) is 0.250. The van der Waals surface area contributed by atoms with Crippen LogP contribution in [-0.4, -0.2) is 27.5 Å². The number of nitrogens with zero attached hydrogens (tertiary/aromatic N) is 4. The van der Waals surface area contributed by atoms with Crippen LogP contribution in [-0.2, 0) is 13.5 Å². The molecule has 0 unspecified atom stereocenters. The Bertz CT molecular complexity index is 1040. The average Bonchev–Trinajstić information content (AvgIpc) is 3.21. The number of alkyl halides is 2. The molecule has 0 aliphatic heterocycles. The fourth-order valence-electron chi connectivity index (χ4n) is 2.32. The zero-order valence-electron chi connectivity index (χ0n) is 14.2. The smallest absolute Gasteiger partial charge is 0.418 e. The average molecular weight is 377 g/mol. The Hall–Kier alpha value is -3.68. The Morgan fingerprint density at radius 3 is 2.85 bits per heavy atom. The van der Waals surface area contributed by atoms with Crippen LogP contribution in [0.1, 0.15) is 18.4 Å². The molecule has 2 aromatic heterocycles. The molecule has 1 amide bonds. The molecule has 0 spiro atoms. The van der Waals surface area contributed by atoms with Crippen LogP contribution in [0, 0.1) is 11.3 Å². The molecule has 3 aromatic rings. The number of fused-ring (bicyclic) bond motifs is 1. The van der Waals surface area contributed by atoms with Crippen LogP contribution < -0.4 is 14.8 Å². The summed E-state index contributed by atoms with van der Waals surface area (Å²) in [6.07, 6.45) is 0.761. The molecule has 0 saturated carbocycles. The quantitative estimate of drug-likeness (QED) is 0.726. The van der Waals surface area contributed by atoms with Crippen molar-refractivity contribution in [3.05, 3.63) is 29.8 Å². The molecule has 0 atom stereocenters. The lowest BCUT2D eigenvalue weighted by molar-refractivity contribution is -0.0489. The number of hydrogen-bond donors (Lipinski definition) is 1. The molecule has 2 heterocycles. The Kier molecular flexibility index (Phi) is 4.89. The summed E-state index contributed by atoms with van der Waals surface area (Å²) in [5.41, 5.74) is 0.148. The number of aryl methyl sites for hydroxylation is 2. The predicted octanol–water partition coefficient (Wildman–Crippen LogP) is 3.21. The Balaban J connectivity index is 1.90.